The minimum atomic E-state index is 0.633. The fraction of sp³-hybridized carbons (Fsp3) is 0.533. The fourth-order valence-corrected chi connectivity index (χ4v) is 2.94. The molecule has 1 saturated carbocycles. The summed E-state index contributed by atoms with van der Waals surface area (Å²) in [4.78, 5) is 0. The third-order valence-corrected chi connectivity index (χ3v) is 3.99. The van der Waals surface area contributed by atoms with Crippen molar-refractivity contribution in [3.63, 3.8) is 0 Å². The number of aromatic nitrogens is 2. The van der Waals surface area contributed by atoms with Crippen molar-refractivity contribution < 1.29 is 0 Å². The lowest BCUT2D eigenvalue weighted by Crippen LogP contribution is -2.13. The molecule has 17 heavy (non-hydrogen) atoms. The molecule has 2 nitrogen and oxygen atoms in total. The maximum atomic E-state index is 4.61. The summed E-state index contributed by atoms with van der Waals surface area (Å²) in [5, 5.41) is 5.91. The zero-order valence-electron chi connectivity index (χ0n) is 10.5. The van der Waals surface area contributed by atoms with E-state index in [0.717, 1.165) is 6.42 Å². The van der Waals surface area contributed by atoms with Gasteiger partial charge in [-0.2, -0.15) is 5.10 Å². The first-order valence-electron chi connectivity index (χ1n) is 6.84. The molecule has 1 aromatic heterocycles. The third kappa shape index (κ3) is 1.97. The standard InChI is InChI=1S/C15H20N2/c1-2-12-8-9-15-13(10-12)11-16-17(15)14-6-4-3-5-7-14/h8-11,14H,2-7H2,1H3. The van der Waals surface area contributed by atoms with Crippen LogP contribution in [-0.4, -0.2) is 9.78 Å². The Kier molecular flexibility index (Phi) is 2.87. The Morgan fingerprint density at radius 3 is 2.82 bits per heavy atom. The number of aryl methyl sites for hydroxylation is 1. The average molecular weight is 228 g/mol. The average Bonchev–Trinajstić information content (AvgIpc) is 2.82. The molecule has 0 saturated heterocycles. The highest BCUT2D eigenvalue weighted by molar-refractivity contribution is 5.79. The number of rotatable bonds is 2. The molecule has 0 radical (unpaired) electrons. The molecule has 0 N–H and O–H groups in total. The summed E-state index contributed by atoms with van der Waals surface area (Å²) >= 11 is 0. The second-order valence-electron chi connectivity index (χ2n) is 5.13. The van der Waals surface area contributed by atoms with Gasteiger partial charge in [0.15, 0.2) is 0 Å². The molecule has 2 aromatic rings. The minimum Gasteiger partial charge on any atom is -0.262 e. The third-order valence-electron chi connectivity index (χ3n) is 3.99. The summed E-state index contributed by atoms with van der Waals surface area (Å²) in [7, 11) is 0. The summed E-state index contributed by atoms with van der Waals surface area (Å²) in [6, 6.07) is 7.40. The Balaban J connectivity index is 1.99. The summed E-state index contributed by atoms with van der Waals surface area (Å²) < 4.78 is 2.26. The molecule has 0 unspecified atom stereocenters. The van der Waals surface area contributed by atoms with E-state index in [2.05, 4.69) is 34.9 Å². The van der Waals surface area contributed by atoms with Crippen LogP contribution in [0, 0.1) is 0 Å². The van der Waals surface area contributed by atoms with Gasteiger partial charge in [0.2, 0.25) is 0 Å². The normalized spacial score (nSPS) is 17.7. The Bertz CT molecular complexity index is 507. The second kappa shape index (κ2) is 4.52. The van der Waals surface area contributed by atoms with Gasteiger partial charge in [-0.25, -0.2) is 0 Å². The molecule has 0 amide bonds. The lowest BCUT2D eigenvalue weighted by atomic mass is 9.95. The lowest BCUT2D eigenvalue weighted by molar-refractivity contribution is 0.337. The summed E-state index contributed by atoms with van der Waals surface area (Å²) in [5.74, 6) is 0. The van der Waals surface area contributed by atoms with Crippen molar-refractivity contribution in [1.82, 2.24) is 9.78 Å². The number of nitrogens with zero attached hydrogens (tertiary/aromatic N) is 2. The number of fused-ring (bicyclic) bond motifs is 1. The van der Waals surface area contributed by atoms with Gasteiger partial charge in [0.25, 0.3) is 0 Å². The first-order chi connectivity index (χ1) is 8.38. The first-order valence-corrected chi connectivity index (χ1v) is 6.84. The van der Waals surface area contributed by atoms with Crippen LogP contribution in [0.4, 0.5) is 0 Å². The molecule has 1 fully saturated rings. The maximum Gasteiger partial charge on any atom is 0.0685 e. The summed E-state index contributed by atoms with van der Waals surface area (Å²) in [5.41, 5.74) is 2.72. The van der Waals surface area contributed by atoms with Crippen molar-refractivity contribution in [1.29, 1.82) is 0 Å². The van der Waals surface area contributed by atoms with E-state index in [-0.39, 0.29) is 0 Å². The van der Waals surface area contributed by atoms with Gasteiger partial charge in [-0.05, 0) is 37.0 Å². The van der Waals surface area contributed by atoms with Crippen LogP contribution in [-0.2, 0) is 6.42 Å². The topological polar surface area (TPSA) is 17.8 Å². The van der Waals surface area contributed by atoms with E-state index in [1.54, 1.807) is 0 Å². The van der Waals surface area contributed by atoms with Crippen LogP contribution in [0.3, 0.4) is 0 Å². The molecule has 90 valence electrons. The molecule has 0 bridgehead atoms. The van der Waals surface area contributed by atoms with Crippen LogP contribution in [0.5, 0.6) is 0 Å². The van der Waals surface area contributed by atoms with Gasteiger partial charge in [0, 0.05) is 5.39 Å². The van der Waals surface area contributed by atoms with E-state index in [9.17, 15) is 0 Å². The quantitative estimate of drug-likeness (QED) is 0.756. The van der Waals surface area contributed by atoms with Crippen LogP contribution in [0.25, 0.3) is 10.9 Å². The molecule has 0 atom stereocenters. The predicted octanol–water partition coefficient (Wildman–Crippen LogP) is 4.10. The number of benzene rings is 1. The van der Waals surface area contributed by atoms with Gasteiger partial charge in [0.1, 0.15) is 0 Å². The van der Waals surface area contributed by atoms with E-state index in [1.165, 1.54) is 48.6 Å². The summed E-state index contributed by atoms with van der Waals surface area (Å²) in [6.45, 7) is 2.20. The maximum absolute atomic E-state index is 4.61. The SMILES string of the molecule is CCc1ccc2c(cnn2C2CCCCC2)c1. The highest BCUT2D eigenvalue weighted by atomic mass is 15.3. The molecule has 3 rings (SSSR count). The van der Waals surface area contributed by atoms with Gasteiger partial charge >= 0.3 is 0 Å². The van der Waals surface area contributed by atoms with E-state index >= 15 is 0 Å². The van der Waals surface area contributed by atoms with Gasteiger partial charge < -0.3 is 0 Å². The van der Waals surface area contributed by atoms with Crippen molar-refractivity contribution in [2.24, 2.45) is 0 Å². The summed E-state index contributed by atoms with van der Waals surface area (Å²) in [6.07, 6.45) is 9.85. The Morgan fingerprint density at radius 1 is 1.24 bits per heavy atom. The molecule has 0 spiro atoms. The smallest absolute Gasteiger partial charge is 0.0685 e. The largest absolute Gasteiger partial charge is 0.262 e. The van der Waals surface area contributed by atoms with Gasteiger partial charge in [-0.1, -0.05) is 32.3 Å². The van der Waals surface area contributed by atoms with Crippen molar-refractivity contribution in [3.8, 4) is 0 Å². The molecule has 2 heteroatoms. The molecule has 1 heterocycles. The molecule has 1 aliphatic rings. The van der Waals surface area contributed by atoms with Gasteiger partial charge in [0.05, 0.1) is 17.8 Å². The molecular weight excluding hydrogens is 208 g/mol. The molecular formula is C15H20N2. The van der Waals surface area contributed by atoms with Gasteiger partial charge in [-0.15, -0.1) is 0 Å². The first kappa shape index (κ1) is 10.8. The van der Waals surface area contributed by atoms with E-state index < -0.39 is 0 Å². The van der Waals surface area contributed by atoms with Crippen molar-refractivity contribution >= 4 is 10.9 Å². The molecule has 0 aliphatic heterocycles. The van der Waals surface area contributed by atoms with Crippen molar-refractivity contribution in [2.45, 2.75) is 51.5 Å². The Morgan fingerprint density at radius 2 is 2.06 bits per heavy atom. The lowest BCUT2D eigenvalue weighted by Gasteiger charge is -2.22. The van der Waals surface area contributed by atoms with Crippen molar-refractivity contribution in [3.05, 3.63) is 30.0 Å². The number of hydrogen-bond donors (Lipinski definition) is 0. The van der Waals surface area contributed by atoms with E-state index in [0.29, 0.717) is 6.04 Å². The van der Waals surface area contributed by atoms with Crippen LogP contribution in [0.2, 0.25) is 0 Å². The van der Waals surface area contributed by atoms with Crippen LogP contribution in [0.1, 0.15) is 50.6 Å². The van der Waals surface area contributed by atoms with Crippen LogP contribution in [0.15, 0.2) is 24.4 Å². The predicted molar refractivity (Wildman–Crippen MR) is 71.2 cm³/mol. The Labute approximate surface area is 103 Å². The zero-order valence-corrected chi connectivity index (χ0v) is 10.5. The molecule has 1 aromatic carbocycles. The van der Waals surface area contributed by atoms with Gasteiger partial charge in [-0.3, -0.25) is 4.68 Å². The fourth-order valence-electron chi connectivity index (χ4n) is 2.94. The molecule has 1 aliphatic carbocycles. The zero-order chi connectivity index (χ0) is 11.7. The highest BCUT2D eigenvalue weighted by Crippen LogP contribution is 2.30. The number of hydrogen-bond acceptors (Lipinski definition) is 1. The Hall–Kier alpha value is -1.31. The van der Waals surface area contributed by atoms with E-state index in [1.807, 2.05) is 6.20 Å². The highest BCUT2D eigenvalue weighted by Gasteiger charge is 2.17. The monoisotopic (exact) mass is 228 g/mol. The van der Waals surface area contributed by atoms with E-state index in [4.69, 9.17) is 0 Å². The minimum absolute atomic E-state index is 0.633. The van der Waals surface area contributed by atoms with Crippen LogP contribution < -0.4 is 0 Å². The van der Waals surface area contributed by atoms with Crippen molar-refractivity contribution in [2.75, 3.05) is 0 Å². The second-order valence-corrected chi connectivity index (χ2v) is 5.13. The van der Waals surface area contributed by atoms with Crippen LogP contribution >= 0.6 is 0 Å².